The van der Waals surface area contributed by atoms with E-state index in [-0.39, 0.29) is 71.5 Å². The number of aliphatic hydroxyl groups excluding tert-OH is 2. The Morgan fingerprint density at radius 2 is 0.737 bits per heavy atom. The monoisotopic (exact) mass is 592 g/mol. The quantitative estimate of drug-likeness (QED) is 0.185. The van der Waals surface area contributed by atoms with Crippen LogP contribution < -0.4 is 0 Å². The Morgan fingerprint density at radius 3 is 0.842 bits per heavy atom. The van der Waals surface area contributed by atoms with E-state index in [9.17, 15) is 9.59 Å². The van der Waals surface area contributed by atoms with E-state index >= 15 is 0 Å². The molecule has 0 aromatic heterocycles. The molecule has 8 heteroatoms. The molecule has 2 unspecified atom stereocenters. The van der Waals surface area contributed by atoms with Crippen LogP contribution in [-0.4, -0.2) is 47.6 Å². The molecule has 0 spiro atoms. The third-order valence-electron chi connectivity index (χ3n) is 3.58. The molecule has 0 heterocycles. The van der Waals surface area contributed by atoms with Crippen molar-refractivity contribution in [2.75, 3.05) is 13.2 Å². The van der Waals surface area contributed by atoms with E-state index in [0.29, 0.717) is 0 Å². The van der Waals surface area contributed by atoms with E-state index in [1.54, 1.807) is 13.8 Å². The molecule has 0 saturated carbocycles. The molecule has 0 amide bonds. The van der Waals surface area contributed by atoms with E-state index in [0.717, 1.165) is 0 Å². The summed E-state index contributed by atoms with van der Waals surface area (Å²) in [6.45, 7) is 3.21. The Kier molecular flexibility index (Phi) is 41.6. The van der Waals surface area contributed by atoms with Gasteiger partial charge in [-0.2, -0.15) is 72.8 Å². The fourth-order valence-electron chi connectivity index (χ4n) is 2.00. The van der Waals surface area contributed by atoms with Crippen LogP contribution in [0.5, 0.6) is 0 Å². The molecule has 0 radical (unpaired) electrons. The van der Waals surface area contributed by atoms with E-state index in [1.165, 1.54) is 0 Å². The second-order valence-corrected chi connectivity index (χ2v) is 6.24. The van der Waals surface area contributed by atoms with Crippen LogP contribution in [0, 0.1) is 14.9 Å². The Balaban J connectivity index is -0.000000126. The predicted molar refractivity (Wildman–Crippen MR) is 146 cm³/mol. The standard InChI is InChI=1S/C8H14O6.4C5H5.2CH3.2Ti/c1-3-13-7(11)5(9)6(10)8(12)14-4-2;4*1-2-4-5-3-1;;;;/h5-6,9-10H,3-4H2,1-2H3;4*1-5H;2*1H3;;/q;6*-1;;. The van der Waals surface area contributed by atoms with Gasteiger partial charge >= 0.3 is 11.9 Å². The first-order valence-corrected chi connectivity index (χ1v) is 10.9. The van der Waals surface area contributed by atoms with Crippen molar-refractivity contribution < 1.29 is 72.7 Å². The molecule has 0 fully saturated rings. The topological polar surface area (TPSA) is 93.1 Å². The third kappa shape index (κ3) is 28.3. The van der Waals surface area contributed by atoms with Crippen molar-refractivity contribution >= 4 is 11.9 Å². The summed E-state index contributed by atoms with van der Waals surface area (Å²) in [5.74, 6) is -2.10. The number of ether oxygens (including phenoxy) is 2. The van der Waals surface area contributed by atoms with Gasteiger partial charge in [-0.15, -0.1) is 0 Å². The molecule has 4 aromatic rings. The second-order valence-electron chi connectivity index (χ2n) is 6.24. The number of carbonyl (C=O) groups excluding carboxylic acids is 2. The normalized spacial score (nSPS) is 9.47. The van der Waals surface area contributed by atoms with Gasteiger partial charge in [-0.25, -0.2) is 58.1 Å². The zero-order valence-corrected chi connectivity index (χ0v) is 25.8. The largest absolute Gasteiger partial charge is 0.464 e. The summed E-state index contributed by atoms with van der Waals surface area (Å²) in [6, 6.07) is 40.0. The fourth-order valence-corrected chi connectivity index (χ4v) is 2.00. The van der Waals surface area contributed by atoms with Gasteiger partial charge in [0.25, 0.3) is 0 Å². The molecule has 0 aliphatic carbocycles. The van der Waals surface area contributed by atoms with Gasteiger partial charge in [0.15, 0.2) is 12.2 Å². The number of rotatable bonds is 5. The van der Waals surface area contributed by atoms with Crippen molar-refractivity contribution in [1.82, 2.24) is 0 Å². The summed E-state index contributed by atoms with van der Waals surface area (Å²) in [4.78, 5) is 21.7. The Hall–Kier alpha value is -2.31. The van der Waals surface area contributed by atoms with Gasteiger partial charge < -0.3 is 34.5 Å². The number of hydrogen-bond donors (Lipinski definition) is 2. The van der Waals surface area contributed by atoms with Crippen LogP contribution >= 0.6 is 0 Å². The number of hydrogen-bond acceptors (Lipinski definition) is 6. The number of aliphatic hydroxyl groups is 2. The van der Waals surface area contributed by atoms with Crippen molar-refractivity contribution in [2.24, 2.45) is 0 Å². The maximum atomic E-state index is 10.9. The minimum atomic E-state index is -1.89. The van der Waals surface area contributed by atoms with Crippen LogP contribution in [0.1, 0.15) is 13.8 Å². The van der Waals surface area contributed by atoms with Crippen LogP contribution in [0.25, 0.3) is 0 Å². The molecule has 0 aliphatic rings. The molecule has 0 saturated heterocycles. The minimum absolute atomic E-state index is 0. The van der Waals surface area contributed by atoms with Crippen LogP contribution in [0.2, 0.25) is 0 Å². The second kappa shape index (κ2) is 34.7. The van der Waals surface area contributed by atoms with Gasteiger partial charge in [0.05, 0.1) is 13.2 Å². The summed E-state index contributed by atoms with van der Waals surface area (Å²) >= 11 is 0. The smallest absolute Gasteiger partial charge is 0.338 e. The van der Waals surface area contributed by atoms with Crippen molar-refractivity contribution in [1.29, 1.82) is 0 Å². The van der Waals surface area contributed by atoms with Gasteiger partial charge in [-0.3, -0.25) is 0 Å². The zero-order valence-electron chi connectivity index (χ0n) is 22.6. The zero-order chi connectivity index (χ0) is 25.3. The van der Waals surface area contributed by atoms with E-state index in [1.807, 2.05) is 121 Å². The molecule has 4 rings (SSSR count). The molecular weight excluding hydrogens is 552 g/mol. The maximum absolute atomic E-state index is 10.9. The molecule has 0 aliphatic heterocycles. The van der Waals surface area contributed by atoms with Crippen molar-refractivity contribution in [3.63, 3.8) is 0 Å². The van der Waals surface area contributed by atoms with E-state index in [4.69, 9.17) is 10.2 Å². The summed E-state index contributed by atoms with van der Waals surface area (Å²) in [7, 11) is 0. The van der Waals surface area contributed by atoms with E-state index < -0.39 is 24.1 Å². The van der Waals surface area contributed by atoms with Crippen LogP contribution in [0.4, 0.5) is 0 Å². The third-order valence-corrected chi connectivity index (χ3v) is 3.58. The van der Waals surface area contributed by atoms with Crippen molar-refractivity contribution in [2.45, 2.75) is 26.1 Å². The van der Waals surface area contributed by atoms with E-state index in [2.05, 4.69) is 9.47 Å². The van der Waals surface area contributed by atoms with Crippen molar-refractivity contribution in [3.05, 3.63) is 136 Å². The molecule has 2 atom stereocenters. The first-order chi connectivity index (χ1) is 16.5. The molecular formula is C30H40O6Ti2-6. The predicted octanol–water partition coefficient (Wildman–Crippen LogP) is 5.35. The van der Waals surface area contributed by atoms with Gasteiger partial charge in [-0.05, 0) is 13.8 Å². The number of esters is 2. The molecule has 0 bridgehead atoms. The first kappa shape index (κ1) is 45.6. The molecule has 2 N–H and O–H groups in total. The number of carbonyl (C=O) groups is 2. The fraction of sp³-hybridized carbons (Fsp3) is 0.200. The van der Waals surface area contributed by atoms with Crippen molar-refractivity contribution in [3.8, 4) is 0 Å². The van der Waals surface area contributed by atoms with Crippen LogP contribution in [0.15, 0.2) is 121 Å². The summed E-state index contributed by atoms with van der Waals surface area (Å²) < 4.78 is 8.79. The Bertz CT molecular complexity index is 662. The average molecular weight is 592 g/mol. The van der Waals surface area contributed by atoms with Gasteiger partial charge in [0.1, 0.15) is 0 Å². The van der Waals surface area contributed by atoms with Crippen LogP contribution in [-0.2, 0) is 62.5 Å². The SMILES string of the molecule is CCOC(=O)C(O)C(O)C(=O)OCC.[CH3-].[CH3-].[Ti].[Ti].c1cc[cH-]c1.c1cc[cH-]c1.c1cc[cH-]c1.c1cc[cH-]c1. The first-order valence-electron chi connectivity index (χ1n) is 10.9. The maximum Gasteiger partial charge on any atom is 0.338 e. The molecule has 6 nitrogen and oxygen atoms in total. The summed E-state index contributed by atoms with van der Waals surface area (Å²) in [6.07, 6.45) is -3.79. The minimum Gasteiger partial charge on any atom is -0.464 e. The molecule has 38 heavy (non-hydrogen) atoms. The Morgan fingerprint density at radius 1 is 0.553 bits per heavy atom. The van der Waals surface area contributed by atoms with Gasteiger partial charge in [0.2, 0.25) is 0 Å². The van der Waals surface area contributed by atoms with Gasteiger partial charge in [-0.1, -0.05) is 0 Å². The molecule has 4 aromatic carbocycles. The summed E-state index contributed by atoms with van der Waals surface area (Å²) in [5.41, 5.74) is 0. The van der Waals surface area contributed by atoms with Gasteiger partial charge in [0, 0.05) is 43.4 Å². The summed E-state index contributed by atoms with van der Waals surface area (Å²) in [5, 5.41) is 18.2. The Labute approximate surface area is 258 Å². The average Bonchev–Trinajstić information content (AvgIpc) is 3.68. The van der Waals surface area contributed by atoms with Crippen LogP contribution in [0.3, 0.4) is 0 Å². The molecule has 210 valence electrons.